The molecule has 7 heteroatoms. The van der Waals surface area contributed by atoms with Gasteiger partial charge in [-0.05, 0) is 29.8 Å². The van der Waals surface area contributed by atoms with E-state index in [1.165, 1.54) is 12.4 Å². The molecule has 2 aromatic carbocycles. The third kappa shape index (κ3) is 4.89. The Kier molecular flexibility index (Phi) is 5.97. The first kappa shape index (κ1) is 18.9. The van der Waals surface area contributed by atoms with Crippen molar-refractivity contribution in [3.8, 4) is 5.75 Å². The molecule has 1 N–H and O–H groups in total. The molecule has 1 aliphatic rings. The van der Waals surface area contributed by atoms with Gasteiger partial charge in [0.05, 0.1) is 36.9 Å². The molecule has 0 radical (unpaired) electrons. The second-order valence-corrected chi connectivity index (χ2v) is 6.64. The van der Waals surface area contributed by atoms with Gasteiger partial charge in [0.15, 0.2) is 0 Å². The van der Waals surface area contributed by atoms with Crippen LogP contribution in [0.5, 0.6) is 5.75 Å². The van der Waals surface area contributed by atoms with Gasteiger partial charge in [0.25, 0.3) is 5.91 Å². The van der Waals surface area contributed by atoms with Crippen molar-refractivity contribution in [2.45, 2.75) is 6.61 Å². The molecule has 0 atom stereocenters. The van der Waals surface area contributed by atoms with E-state index in [0.717, 1.165) is 24.3 Å². The molecule has 29 heavy (non-hydrogen) atoms. The van der Waals surface area contributed by atoms with Gasteiger partial charge in [-0.1, -0.05) is 30.3 Å². The van der Waals surface area contributed by atoms with Crippen LogP contribution in [0, 0.1) is 0 Å². The molecule has 0 aliphatic carbocycles. The van der Waals surface area contributed by atoms with Crippen LogP contribution >= 0.6 is 0 Å². The van der Waals surface area contributed by atoms with Crippen molar-refractivity contribution in [1.29, 1.82) is 0 Å². The number of hydrogen-bond acceptors (Lipinski definition) is 6. The summed E-state index contributed by atoms with van der Waals surface area (Å²) in [5.41, 5.74) is 3.06. The van der Waals surface area contributed by atoms with E-state index in [2.05, 4.69) is 20.4 Å². The fraction of sp³-hybridized carbons (Fsp3) is 0.227. The van der Waals surface area contributed by atoms with E-state index in [1.807, 2.05) is 48.5 Å². The van der Waals surface area contributed by atoms with Crippen LogP contribution in [0.15, 0.2) is 67.0 Å². The molecule has 148 valence electrons. The van der Waals surface area contributed by atoms with Crippen molar-refractivity contribution < 1.29 is 14.3 Å². The summed E-state index contributed by atoms with van der Waals surface area (Å²) in [6.45, 7) is 3.32. The Morgan fingerprint density at radius 3 is 2.66 bits per heavy atom. The van der Waals surface area contributed by atoms with Gasteiger partial charge >= 0.3 is 0 Å². The minimum atomic E-state index is -0.254. The first-order valence-corrected chi connectivity index (χ1v) is 9.51. The number of ether oxygens (including phenoxy) is 2. The lowest BCUT2D eigenvalue weighted by molar-refractivity contribution is 0.102. The minimum Gasteiger partial charge on any atom is -0.488 e. The zero-order chi connectivity index (χ0) is 19.9. The van der Waals surface area contributed by atoms with Gasteiger partial charge < -0.3 is 19.7 Å². The summed E-state index contributed by atoms with van der Waals surface area (Å²) in [7, 11) is 0. The average Bonchev–Trinajstić information content (AvgIpc) is 2.79. The zero-order valence-electron chi connectivity index (χ0n) is 16.0. The normalized spacial score (nSPS) is 13.7. The van der Waals surface area contributed by atoms with E-state index in [9.17, 15) is 4.79 Å². The number of carbonyl (C=O) groups excluding carboxylic acids is 1. The Hall–Kier alpha value is -3.45. The third-order valence-corrected chi connectivity index (χ3v) is 4.66. The molecule has 0 saturated carbocycles. The number of morpholine rings is 1. The van der Waals surface area contributed by atoms with Crippen molar-refractivity contribution in [3.63, 3.8) is 0 Å². The quantitative estimate of drug-likeness (QED) is 0.697. The van der Waals surface area contributed by atoms with E-state index < -0.39 is 0 Å². The van der Waals surface area contributed by atoms with Crippen molar-refractivity contribution in [3.05, 3.63) is 78.1 Å². The molecular weight excluding hydrogens is 368 g/mol. The van der Waals surface area contributed by atoms with Crippen LogP contribution in [0.2, 0.25) is 0 Å². The number of carbonyl (C=O) groups is 1. The standard InChI is InChI=1S/C22H22N4O3/c27-22(25-18-8-9-23-24-15-18)20-14-19(26-10-12-28-13-11-26)6-7-21(20)29-16-17-4-2-1-3-5-17/h1-9,14-15H,10-13,16H2,(H,23,25,27). The largest absolute Gasteiger partial charge is 0.488 e. The number of anilines is 2. The first-order valence-electron chi connectivity index (χ1n) is 9.51. The number of rotatable bonds is 6. The van der Waals surface area contributed by atoms with E-state index in [4.69, 9.17) is 9.47 Å². The lowest BCUT2D eigenvalue weighted by atomic mass is 10.1. The second kappa shape index (κ2) is 9.16. The van der Waals surface area contributed by atoms with Gasteiger partial charge in [0.1, 0.15) is 12.4 Å². The van der Waals surface area contributed by atoms with E-state index in [1.54, 1.807) is 6.07 Å². The van der Waals surface area contributed by atoms with Crippen LogP contribution in [-0.2, 0) is 11.3 Å². The summed E-state index contributed by atoms with van der Waals surface area (Å²) in [4.78, 5) is 15.2. The zero-order valence-corrected chi connectivity index (χ0v) is 16.0. The fourth-order valence-corrected chi connectivity index (χ4v) is 3.14. The molecule has 0 unspecified atom stereocenters. The Balaban J connectivity index is 1.59. The number of nitrogens with zero attached hydrogens (tertiary/aromatic N) is 3. The highest BCUT2D eigenvalue weighted by atomic mass is 16.5. The van der Waals surface area contributed by atoms with Gasteiger partial charge in [-0.3, -0.25) is 4.79 Å². The van der Waals surface area contributed by atoms with Crippen molar-refractivity contribution >= 4 is 17.3 Å². The summed E-state index contributed by atoms with van der Waals surface area (Å²) in [5.74, 6) is 0.279. The highest BCUT2D eigenvalue weighted by Gasteiger charge is 2.18. The Labute approximate surface area is 169 Å². The monoisotopic (exact) mass is 390 g/mol. The predicted molar refractivity (Wildman–Crippen MR) is 110 cm³/mol. The molecule has 1 aliphatic heterocycles. The van der Waals surface area contributed by atoms with Crippen LogP contribution in [0.1, 0.15) is 15.9 Å². The summed E-state index contributed by atoms with van der Waals surface area (Å²) in [5, 5.41) is 10.4. The second-order valence-electron chi connectivity index (χ2n) is 6.64. The molecule has 7 nitrogen and oxygen atoms in total. The Morgan fingerprint density at radius 1 is 1.07 bits per heavy atom. The molecule has 2 heterocycles. The number of hydrogen-bond donors (Lipinski definition) is 1. The molecule has 4 rings (SSSR count). The van der Waals surface area contributed by atoms with Crippen molar-refractivity contribution in [1.82, 2.24) is 10.2 Å². The molecular formula is C22H22N4O3. The number of benzene rings is 2. The lowest BCUT2D eigenvalue weighted by Crippen LogP contribution is -2.36. The van der Waals surface area contributed by atoms with E-state index in [-0.39, 0.29) is 5.91 Å². The Bertz CT molecular complexity index is 945. The average molecular weight is 390 g/mol. The first-order chi connectivity index (χ1) is 14.3. The molecule has 0 spiro atoms. The smallest absolute Gasteiger partial charge is 0.259 e. The van der Waals surface area contributed by atoms with Crippen molar-refractivity contribution in [2.75, 3.05) is 36.5 Å². The van der Waals surface area contributed by atoms with Crippen LogP contribution in [0.4, 0.5) is 11.4 Å². The highest BCUT2D eigenvalue weighted by molar-refractivity contribution is 6.06. The van der Waals surface area contributed by atoms with Gasteiger partial charge in [-0.2, -0.15) is 10.2 Å². The van der Waals surface area contributed by atoms with Crippen LogP contribution in [0.3, 0.4) is 0 Å². The molecule has 1 fully saturated rings. The maximum absolute atomic E-state index is 13.0. The maximum Gasteiger partial charge on any atom is 0.259 e. The minimum absolute atomic E-state index is 0.254. The predicted octanol–water partition coefficient (Wildman–Crippen LogP) is 3.14. The third-order valence-electron chi connectivity index (χ3n) is 4.66. The van der Waals surface area contributed by atoms with Gasteiger partial charge in [-0.25, -0.2) is 0 Å². The van der Waals surface area contributed by atoms with Crippen LogP contribution in [-0.4, -0.2) is 42.4 Å². The fourth-order valence-electron chi connectivity index (χ4n) is 3.14. The summed E-state index contributed by atoms with van der Waals surface area (Å²) < 4.78 is 11.4. The highest BCUT2D eigenvalue weighted by Crippen LogP contribution is 2.27. The summed E-state index contributed by atoms with van der Waals surface area (Å²) in [6, 6.07) is 17.3. The molecule has 1 amide bonds. The van der Waals surface area contributed by atoms with Gasteiger partial charge in [-0.15, -0.1) is 0 Å². The molecule has 1 saturated heterocycles. The number of nitrogens with one attached hydrogen (secondary N) is 1. The molecule has 1 aromatic heterocycles. The SMILES string of the molecule is O=C(Nc1ccnnc1)c1cc(N2CCOCC2)ccc1OCc1ccccc1. The molecule has 3 aromatic rings. The lowest BCUT2D eigenvalue weighted by Gasteiger charge is -2.29. The number of aromatic nitrogens is 2. The van der Waals surface area contributed by atoms with Gasteiger partial charge in [0, 0.05) is 18.8 Å². The van der Waals surface area contributed by atoms with E-state index >= 15 is 0 Å². The topological polar surface area (TPSA) is 76.6 Å². The molecule has 0 bridgehead atoms. The van der Waals surface area contributed by atoms with Crippen LogP contribution in [0.25, 0.3) is 0 Å². The summed E-state index contributed by atoms with van der Waals surface area (Å²) in [6.07, 6.45) is 3.04. The van der Waals surface area contributed by atoms with Crippen molar-refractivity contribution in [2.24, 2.45) is 0 Å². The van der Waals surface area contributed by atoms with Gasteiger partial charge in [0.2, 0.25) is 0 Å². The summed E-state index contributed by atoms with van der Waals surface area (Å²) >= 11 is 0. The number of amides is 1. The van der Waals surface area contributed by atoms with E-state index in [0.29, 0.717) is 36.8 Å². The Morgan fingerprint density at radius 2 is 1.90 bits per heavy atom. The maximum atomic E-state index is 13.0. The van der Waals surface area contributed by atoms with Crippen LogP contribution < -0.4 is 15.0 Å².